The van der Waals surface area contributed by atoms with Crippen LogP contribution in [0.25, 0.3) is 0 Å². The van der Waals surface area contributed by atoms with Crippen LogP contribution in [0.3, 0.4) is 0 Å². The standard InChI is InChI=1S/C30H26Cl2N4O6S/c1-42-28(38)16-5-7-21(22(8-16)36(40)41)34-13-23-25(27(34)37)26(24-10-19(32)14-43-24)30(35(23)12-15-2-3-15)11-17-4-6-18(31)9-20(17)33-29(30)39/h4-10,14-15,23,25-26H,2-3,11-13H2,1H3,(H,33,39)/t23-,25+,26-,30+/m0/s1. The smallest absolute Gasteiger partial charge is 0.338 e. The number of nitro groups is 1. The normalized spacial score (nSPS) is 26.4. The van der Waals surface area contributed by atoms with Crippen LogP contribution in [0.2, 0.25) is 10.0 Å². The second-order valence-corrected chi connectivity index (χ2v) is 13.4. The number of hydrogen-bond acceptors (Lipinski definition) is 8. The fourth-order valence-electron chi connectivity index (χ4n) is 7.21. The maximum Gasteiger partial charge on any atom is 0.338 e. The lowest BCUT2D eigenvalue weighted by molar-refractivity contribution is -0.384. The Labute approximate surface area is 260 Å². The second-order valence-electron chi connectivity index (χ2n) is 11.6. The average Bonchev–Trinajstić information content (AvgIpc) is 3.53. The summed E-state index contributed by atoms with van der Waals surface area (Å²) in [6.45, 7) is 0.782. The first-order valence-corrected chi connectivity index (χ1v) is 15.5. The Hall–Kier alpha value is -3.51. The van der Waals surface area contributed by atoms with Gasteiger partial charge in [0.1, 0.15) is 11.2 Å². The predicted octanol–water partition coefficient (Wildman–Crippen LogP) is 5.52. The van der Waals surface area contributed by atoms with E-state index >= 15 is 0 Å². The third kappa shape index (κ3) is 4.44. The monoisotopic (exact) mass is 640 g/mol. The molecule has 2 saturated heterocycles. The molecular weight excluding hydrogens is 615 g/mol. The first-order valence-electron chi connectivity index (χ1n) is 13.9. The number of rotatable bonds is 6. The summed E-state index contributed by atoms with van der Waals surface area (Å²) in [5.74, 6) is -2.03. The van der Waals surface area contributed by atoms with Crippen molar-refractivity contribution in [1.29, 1.82) is 0 Å². The van der Waals surface area contributed by atoms with Gasteiger partial charge in [0.2, 0.25) is 11.8 Å². The highest BCUT2D eigenvalue weighted by molar-refractivity contribution is 7.10. The molecule has 1 aliphatic carbocycles. The third-order valence-corrected chi connectivity index (χ3v) is 10.8. The first-order chi connectivity index (χ1) is 20.6. The topological polar surface area (TPSA) is 122 Å². The molecule has 222 valence electrons. The molecule has 0 bridgehead atoms. The number of amides is 2. The zero-order valence-electron chi connectivity index (χ0n) is 22.9. The van der Waals surface area contributed by atoms with E-state index in [0.29, 0.717) is 34.6 Å². The summed E-state index contributed by atoms with van der Waals surface area (Å²) < 4.78 is 4.74. The molecule has 4 aliphatic rings. The Morgan fingerprint density at radius 3 is 2.63 bits per heavy atom. The van der Waals surface area contributed by atoms with Crippen molar-refractivity contribution >= 4 is 69.4 Å². The van der Waals surface area contributed by atoms with Crippen molar-refractivity contribution in [2.75, 3.05) is 30.4 Å². The minimum absolute atomic E-state index is 0.0165. The summed E-state index contributed by atoms with van der Waals surface area (Å²) in [6, 6.07) is 10.9. The Morgan fingerprint density at radius 1 is 1.16 bits per heavy atom. The predicted molar refractivity (Wildman–Crippen MR) is 162 cm³/mol. The number of nitrogens with zero attached hydrogens (tertiary/aromatic N) is 3. The van der Waals surface area contributed by atoms with E-state index in [2.05, 4.69) is 10.2 Å². The molecule has 2 aromatic carbocycles. The van der Waals surface area contributed by atoms with Gasteiger partial charge in [0.05, 0.1) is 28.5 Å². The number of anilines is 2. The Balaban J connectivity index is 1.37. The van der Waals surface area contributed by atoms with Gasteiger partial charge in [-0.25, -0.2) is 4.79 Å². The highest BCUT2D eigenvalue weighted by Gasteiger charge is 2.69. The number of likely N-dealkylation sites (tertiary alicyclic amines) is 1. The van der Waals surface area contributed by atoms with Gasteiger partial charge < -0.3 is 15.0 Å². The number of thiophene rings is 1. The quantitative estimate of drug-likeness (QED) is 0.214. The van der Waals surface area contributed by atoms with Crippen LogP contribution in [-0.4, -0.2) is 59.4 Å². The molecular formula is C30H26Cl2N4O6S. The zero-order valence-corrected chi connectivity index (χ0v) is 25.2. The summed E-state index contributed by atoms with van der Waals surface area (Å²) >= 11 is 14.1. The lowest BCUT2D eigenvalue weighted by Gasteiger charge is -2.46. The lowest BCUT2D eigenvalue weighted by atomic mass is 9.72. The van der Waals surface area contributed by atoms with Crippen LogP contribution in [0, 0.1) is 22.0 Å². The van der Waals surface area contributed by atoms with Crippen LogP contribution in [-0.2, 0) is 20.7 Å². The van der Waals surface area contributed by atoms with Crippen molar-refractivity contribution in [3.05, 3.63) is 84.0 Å². The van der Waals surface area contributed by atoms with Crippen molar-refractivity contribution in [3.8, 4) is 0 Å². The van der Waals surface area contributed by atoms with E-state index in [9.17, 15) is 24.5 Å². The van der Waals surface area contributed by atoms with Crippen LogP contribution in [0.1, 0.15) is 39.6 Å². The molecule has 2 amide bonds. The Bertz CT molecular complexity index is 1710. The maximum atomic E-state index is 14.5. The highest BCUT2D eigenvalue weighted by atomic mass is 35.5. The molecule has 1 aromatic heterocycles. The summed E-state index contributed by atoms with van der Waals surface area (Å²) in [6.07, 6.45) is 2.45. The van der Waals surface area contributed by atoms with Crippen LogP contribution in [0.4, 0.5) is 17.1 Å². The molecule has 43 heavy (non-hydrogen) atoms. The van der Waals surface area contributed by atoms with E-state index < -0.39 is 34.3 Å². The lowest BCUT2D eigenvalue weighted by Crippen LogP contribution is -2.62. The number of nitro benzene ring substituents is 1. The van der Waals surface area contributed by atoms with Crippen LogP contribution >= 0.6 is 34.5 Å². The number of nitrogens with one attached hydrogen (secondary N) is 1. The number of carbonyl (C=O) groups excluding carboxylic acids is 3. The molecule has 3 aliphatic heterocycles. The molecule has 1 spiro atoms. The number of fused-ring (bicyclic) bond motifs is 2. The van der Waals surface area contributed by atoms with Gasteiger partial charge in [-0.05, 0) is 54.7 Å². The minimum atomic E-state index is -1.07. The van der Waals surface area contributed by atoms with Crippen molar-refractivity contribution in [3.63, 3.8) is 0 Å². The molecule has 4 heterocycles. The molecule has 10 nitrogen and oxygen atoms in total. The van der Waals surface area contributed by atoms with E-state index in [1.807, 2.05) is 12.1 Å². The van der Waals surface area contributed by atoms with Crippen molar-refractivity contribution in [2.45, 2.75) is 36.8 Å². The van der Waals surface area contributed by atoms with Crippen LogP contribution < -0.4 is 10.2 Å². The summed E-state index contributed by atoms with van der Waals surface area (Å²) in [5.41, 5.74) is 0.266. The van der Waals surface area contributed by atoms with Crippen LogP contribution in [0.5, 0.6) is 0 Å². The molecule has 7 rings (SSSR count). The number of halogens is 2. The molecule has 1 saturated carbocycles. The van der Waals surface area contributed by atoms with Gasteiger partial charge in [-0.1, -0.05) is 29.3 Å². The fraction of sp³-hybridized carbons (Fsp3) is 0.367. The molecule has 13 heteroatoms. The van der Waals surface area contributed by atoms with Gasteiger partial charge in [-0.2, -0.15) is 0 Å². The van der Waals surface area contributed by atoms with Crippen molar-refractivity contribution < 1.29 is 24.0 Å². The number of hydrogen-bond donors (Lipinski definition) is 1. The Morgan fingerprint density at radius 2 is 1.95 bits per heavy atom. The average molecular weight is 642 g/mol. The van der Waals surface area contributed by atoms with Gasteiger partial charge >= 0.3 is 5.97 Å². The van der Waals surface area contributed by atoms with Gasteiger partial charge in [0.15, 0.2) is 0 Å². The highest BCUT2D eigenvalue weighted by Crippen LogP contribution is 2.58. The van der Waals surface area contributed by atoms with Gasteiger partial charge in [0, 0.05) is 58.5 Å². The number of benzene rings is 2. The zero-order chi connectivity index (χ0) is 30.2. The number of methoxy groups -OCH3 is 1. The molecule has 0 unspecified atom stereocenters. The van der Waals surface area contributed by atoms with Gasteiger partial charge in [-0.15, -0.1) is 11.3 Å². The number of carbonyl (C=O) groups is 3. The van der Waals surface area contributed by atoms with E-state index in [1.54, 1.807) is 17.5 Å². The van der Waals surface area contributed by atoms with E-state index in [0.717, 1.165) is 29.3 Å². The fourth-order valence-corrected chi connectivity index (χ4v) is 8.70. The Kier molecular flexibility index (Phi) is 6.77. The molecule has 3 fully saturated rings. The molecule has 3 aromatic rings. The van der Waals surface area contributed by atoms with E-state index in [-0.39, 0.29) is 35.3 Å². The second kappa shape index (κ2) is 10.3. The molecule has 0 radical (unpaired) electrons. The summed E-state index contributed by atoms with van der Waals surface area (Å²) in [7, 11) is 1.20. The minimum Gasteiger partial charge on any atom is -0.465 e. The first kappa shape index (κ1) is 28.3. The molecule has 1 N–H and O–H groups in total. The number of ether oxygens (including phenoxy) is 1. The van der Waals surface area contributed by atoms with E-state index in [4.69, 9.17) is 27.9 Å². The van der Waals surface area contributed by atoms with Crippen molar-refractivity contribution in [2.24, 2.45) is 11.8 Å². The summed E-state index contributed by atoms with van der Waals surface area (Å²) in [4.78, 5) is 57.0. The van der Waals surface area contributed by atoms with E-state index in [1.165, 1.54) is 35.5 Å². The SMILES string of the molecule is COC(=O)c1ccc(N2C[C@H]3[C@@H](C2=O)[C@H](c2cc(Cl)cs2)[C@@]2(Cc4ccc(Cl)cc4NC2=O)N3CC2CC2)c([N+](=O)[O-])c1. The summed E-state index contributed by atoms with van der Waals surface area (Å²) in [5, 5.41) is 18.1. The maximum absolute atomic E-state index is 14.5. The number of esters is 1. The van der Waals surface area contributed by atoms with Crippen LogP contribution in [0.15, 0.2) is 47.8 Å². The largest absolute Gasteiger partial charge is 0.465 e. The van der Waals surface area contributed by atoms with Gasteiger partial charge in [-0.3, -0.25) is 24.6 Å². The third-order valence-electron chi connectivity index (χ3n) is 9.23. The van der Waals surface area contributed by atoms with Crippen molar-refractivity contribution in [1.82, 2.24) is 4.90 Å². The molecule has 4 atom stereocenters. The van der Waals surface area contributed by atoms with Gasteiger partial charge in [0.25, 0.3) is 5.69 Å².